The zero-order valence-electron chi connectivity index (χ0n) is 15.0. The molecule has 3 aromatic rings. The lowest BCUT2D eigenvalue weighted by molar-refractivity contribution is 0.0951. The summed E-state index contributed by atoms with van der Waals surface area (Å²) < 4.78 is 0. The van der Waals surface area contributed by atoms with Crippen LogP contribution in [-0.4, -0.2) is 22.0 Å². The first kappa shape index (κ1) is 15.8. The third kappa shape index (κ3) is 2.85. The van der Waals surface area contributed by atoms with Crippen molar-refractivity contribution in [3.63, 3.8) is 0 Å². The summed E-state index contributed by atoms with van der Waals surface area (Å²) in [7, 11) is 0. The van der Waals surface area contributed by atoms with Crippen molar-refractivity contribution < 1.29 is 0 Å². The number of rotatable bonds is 3. The number of piperidine rings is 1. The molecule has 2 aliphatic heterocycles. The molecule has 1 aromatic heterocycles. The Labute approximate surface area is 155 Å². The Morgan fingerprint density at radius 2 is 1.88 bits per heavy atom. The molecule has 5 rings (SSSR count). The molecule has 0 amide bonds. The highest BCUT2D eigenvalue weighted by molar-refractivity contribution is 5.93. The molecule has 0 saturated carbocycles. The van der Waals surface area contributed by atoms with Crippen LogP contribution >= 0.6 is 0 Å². The lowest BCUT2D eigenvalue weighted by Gasteiger charge is -2.45. The van der Waals surface area contributed by atoms with E-state index in [1.807, 2.05) is 12.4 Å². The Kier molecular flexibility index (Phi) is 4.06. The molecule has 0 spiro atoms. The quantitative estimate of drug-likeness (QED) is 0.630. The molecule has 3 heterocycles. The van der Waals surface area contributed by atoms with E-state index in [0.29, 0.717) is 12.1 Å². The van der Waals surface area contributed by atoms with E-state index in [4.69, 9.17) is 0 Å². The van der Waals surface area contributed by atoms with Crippen molar-refractivity contribution in [1.29, 1.82) is 0 Å². The second-order valence-corrected chi connectivity index (χ2v) is 7.61. The van der Waals surface area contributed by atoms with Crippen molar-refractivity contribution in [2.45, 2.75) is 44.3 Å². The smallest absolute Gasteiger partial charge is 0.0346 e. The SMILES string of the molecule is C1=C(c2cccc3cnccc23)CC2CCCC1N2Cc1ccccc1. The van der Waals surface area contributed by atoms with Gasteiger partial charge in [0.15, 0.2) is 0 Å². The number of hydrogen-bond acceptors (Lipinski definition) is 2. The Hall–Kier alpha value is -2.45. The van der Waals surface area contributed by atoms with Crippen LogP contribution in [0, 0.1) is 0 Å². The van der Waals surface area contributed by atoms with E-state index in [0.717, 1.165) is 13.0 Å². The van der Waals surface area contributed by atoms with E-state index in [2.05, 4.69) is 70.6 Å². The van der Waals surface area contributed by atoms with Gasteiger partial charge in [-0.15, -0.1) is 0 Å². The Morgan fingerprint density at radius 1 is 0.962 bits per heavy atom. The minimum absolute atomic E-state index is 0.565. The van der Waals surface area contributed by atoms with Gasteiger partial charge in [0.1, 0.15) is 0 Å². The average Bonchev–Trinajstić information content (AvgIpc) is 2.68. The van der Waals surface area contributed by atoms with Crippen molar-refractivity contribution in [2.75, 3.05) is 0 Å². The first-order chi connectivity index (χ1) is 12.9. The predicted molar refractivity (Wildman–Crippen MR) is 108 cm³/mol. The van der Waals surface area contributed by atoms with Crippen LogP contribution in [0.2, 0.25) is 0 Å². The first-order valence-corrected chi connectivity index (χ1v) is 9.72. The number of nitrogens with zero attached hydrogens (tertiary/aromatic N) is 2. The molecule has 2 unspecified atom stereocenters. The van der Waals surface area contributed by atoms with Gasteiger partial charge in [0.25, 0.3) is 0 Å². The van der Waals surface area contributed by atoms with E-state index in [1.165, 1.54) is 46.7 Å². The predicted octanol–water partition coefficient (Wildman–Crippen LogP) is 5.45. The molecular formula is C24H24N2. The number of pyridine rings is 1. The van der Waals surface area contributed by atoms with Gasteiger partial charge < -0.3 is 0 Å². The molecule has 130 valence electrons. The van der Waals surface area contributed by atoms with Gasteiger partial charge in [-0.25, -0.2) is 0 Å². The largest absolute Gasteiger partial charge is 0.289 e. The summed E-state index contributed by atoms with van der Waals surface area (Å²) in [5.74, 6) is 0. The van der Waals surface area contributed by atoms with Gasteiger partial charge in [0.2, 0.25) is 0 Å². The summed E-state index contributed by atoms with van der Waals surface area (Å²) in [5, 5.41) is 2.58. The van der Waals surface area contributed by atoms with Crippen LogP contribution in [0.15, 0.2) is 73.1 Å². The number of aromatic nitrogens is 1. The molecule has 0 radical (unpaired) electrons. The maximum absolute atomic E-state index is 4.29. The minimum Gasteiger partial charge on any atom is -0.289 e. The third-order valence-corrected chi connectivity index (χ3v) is 6.02. The summed E-state index contributed by atoms with van der Waals surface area (Å²) in [5.41, 5.74) is 4.36. The molecule has 0 N–H and O–H groups in total. The standard InChI is InChI=1S/C24H24N2/c1-2-6-18(7-3-1)17-26-21-9-5-10-22(26)15-20(14-21)23-11-4-8-19-16-25-13-12-24(19)23/h1-4,6-8,11-14,16,21-22H,5,9-10,15,17H2. The van der Waals surface area contributed by atoms with E-state index >= 15 is 0 Å². The summed E-state index contributed by atoms with van der Waals surface area (Å²) in [6.45, 7) is 1.07. The molecule has 2 aromatic carbocycles. The molecule has 0 aliphatic carbocycles. The van der Waals surface area contributed by atoms with Gasteiger partial charge in [0, 0.05) is 36.4 Å². The van der Waals surface area contributed by atoms with Crippen LogP contribution in [0.1, 0.15) is 36.8 Å². The fourth-order valence-corrected chi connectivity index (χ4v) is 4.76. The van der Waals surface area contributed by atoms with Crippen molar-refractivity contribution in [1.82, 2.24) is 9.88 Å². The van der Waals surface area contributed by atoms with Crippen LogP contribution in [0.5, 0.6) is 0 Å². The van der Waals surface area contributed by atoms with Gasteiger partial charge in [-0.1, -0.05) is 61.0 Å². The maximum Gasteiger partial charge on any atom is 0.0346 e. The minimum atomic E-state index is 0.565. The fourth-order valence-electron chi connectivity index (χ4n) is 4.76. The molecular weight excluding hydrogens is 316 g/mol. The lowest BCUT2D eigenvalue weighted by atomic mass is 9.81. The van der Waals surface area contributed by atoms with Crippen LogP contribution in [-0.2, 0) is 6.54 Å². The summed E-state index contributed by atoms with van der Waals surface area (Å²) in [4.78, 5) is 7.02. The Morgan fingerprint density at radius 3 is 2.77 bits per heavy atom. The van der Waals surface area contributed by atoms with E-state index in [9.17, 15) is 0 Å². The van der Waals surface area contributed by atoms with Gasteiger partial charge in [-0.3, -0.25) is 9.88 Å². The second kappa shape index (κ2) is 6.69. The number of fused-ring (bicyclic) bond motifs is 3. The van der Waals surface area contributed by atoms with Crippen molar-refractivity contribution >= 4 is 16.3 Å². The Balaban J connectivity index is 1.50. The van der Waals surface area contributed by atoms with Gasteiger partial charge in [0.05, 0.1) is 0 Å². The molecule has 2 bridgehead atoms. The fraction of sp³-hybridized carbons (Fsp3) is 0.292. The molecule has 2 aliphatic rings. The molecule has 2 heteroatoms. The van der Waals surface area contributed by atoms with Crippen LogP contribution in [0.3, 0.4) is 0 Å². The van der Waals surface area contributed by atoms with Gasteiger partial charge >= 0.3 is 0 Å². The summed E-state index contributed by atoms with van der Waals surface area (Å²) in [6.07, 6.45) is 11.5. The first-order valence-electron chi connectivity index (χ1n) is 9.72. The van der Waals surface area contributed by atoms with E-state index in [-0.39, 0.29) is 0 Å². The Bertz CT molecular complexity index is 939. The zero-order chi connectivity index (χ0) is 17.3. The monoisotopic (exact) mass is 340 g/mol. The second-order valence-electron chi connectivity index (χ2n) is 7.61. The number of benzene rings is 2. The highest BCUT2D eigenvalue weighted by Gasteiger charge is 2.34. The lowest BCUT2D eigenvalue weighted by Crippen LogP contribution is -2.47. The van der Waals surface area contributed by atoms with Crippen molar-refractivity contribution in [3.05, 3.63) is 84.2 Å². The third-order valence-electron chi connectivity index (χ3n) is 6.02. The summed E-state index contributed by atoms with van der Waals surface area (Å²) >= 11 is 0. The topological polar surface area (TPSA) is 16.1 Å². The van der Waals surface area contributed by atoms with Crippen molar-refractivity contribution in [3.8, 4) is 0 Å². The molecule has 26 heavy (non-hydrogen) atoms. The average molecular weight is 340 g/mol. The van der Waals surface area contributed by atoms with Crippen molar-refractivity contribution in [2.24, 2.45) is 0 Å². The van der Waals surface area contributed by atoms with Crippen LogP contribution < -0.4 is 0 Å². The summed E-state index contributed by atoms with van der Waals surface area (Å²) in [6, 6.07) is 20.9. The molecule has 2 nitrogen and oxygen atoms in total. The van der Waals surface area contributed by atoms with Crippen LogP contribution in [0.4, 0.5) is 0 Å². The van der Waals surface area contributed by atoms with Gasteiger partial charge in [-0.05, 0) is 47.4 Å². The highest BCUT2D eigenvalue weighted by Crippen LogP contribution is 2.39. The molecule has 2 atom stereocenters. The highest BCUT2D eigenvalue weighted by atomic mass is 15.2. The van der Waals surface area contributed by atoms with E-state index in [1.54, 1.807) is 0 Å². The number of hydrogen-bond donors (Lipinski definition) is 0. The zero-order valence-corrected chi connectivity index (χ0v) is 15.0. The molecule has 1 fully saturated rings. The van der Waals surface area contributed by atoms with E-state index < -0.39 is 0 Å². The van der Waals surface area contributed by atoms with Gasteiger partial charge in [-0.2, -0.15) is 0 Å². The maximum atomic E-state index is 4.29. The normalized spacial score (nSPS) is 23.0. The molecule has 1 saturated heterocycles. The van der Waals surface area contributed by atoms with Crippen LogP contribution in [0.25, 0.3) is 16.3 Å².